The molecule has 172 valence electrons. The fraction of sp³-hybridized carbons (Fsp3) is 0.722. The van der Waals surface area contributed by atoms with E-state index in [-0.39, 0.29) is 6.42 Å². The molecule has 0 bridgehead atoms. The van der Waals surface area contributed by atoms with Crippen molar-refractivity contribution in [3.63, 3.8) is 0 Å². The van der Waals surface area contributed by atoms with E-state index >= 15 is 0 Å². The van der Waals surface area contributed by atoms with E-state index in [2.05, 4.69) is 0 Å². The van der Waals surface area contributed by atoms with E-state index in [0.717, 1.165) is 0 Å². The van der Waals surface area contributed by atoms with Gasteiger partial charge in [-0.25, -0.2) is 9.59 Å². The number of aliphatic hydroxyl groups excluding tert-OH is 2. The molecule has 0 aromatic rings. The zero-order chi connectivity index (χ0) is 22.7. The smallest absolute Gasteiger partial charge is 0.378 e. The van der Waals surface area contributed by atoms with E-state index < -0.39 is 60.3 Å². The van der Waals surface area contributed by atoms with Crippen LogP contribution in [0.1, 0.15) is 38.5 Å². The predicted molar refractivity (Wildman–Crippen MR) is 104 cm³/mol. The Labute approximate surface area is 174 Å². The lowest BCUT2D eigenvalue weighted by atomic mass is 10.1. The topological polar surface area (TPSA) is 223 Å². The second-order valence-electron chi connectivity index (χ2n) is 6.94. The highest BCUT2D eigenvalue weighted by atomic mass is 16.6. The number of cyclic esters (lactones) is 1. The lowest BCUT2D eigenvalue weighted by Crippen LogP contribution is -2.38. The first-order valence-corrected chi connectivity index (χ1v) is 9.84. The summed E-state index contributed by atoms with van der Waals surface area (Å²) in [4.78, 5) is 35.7. The van der Waals surface area contributed by atoms with Gasteiger partial charge in [-0.1, -0.05) is 12.8 Å². The van der Waals surface area contributed by atoms with E-state index in [0.29, 0.717) is 45.2 Å². The highest BCUT2D eigenvalue weighted by Gasteiger charge is 2.42. The Hall–Kier alpha value is -2.25. The highest BCUT2D eigenvalue weighted by molar-refractivity contribution is 5.93. The summed E-state index contributed by atoms with van der Waals surface area (Å²) in [5.41, 5.74) is 22.1. The van der Waals surface area contributed by atoms with Crippen molar-refractivity contribution >= 4 is 17.9 Å². The summed E-state index contributed by atoms with van der Waals surface area (Å²) in [5.74, 6) is -4.39. The lowest BCUT2D eigenvalue weighted by molar-refractivity contribution is -0.157. The number of hydrogen-bond donors (Lipinski definition) is 6. The minimum absolute atomic E-state index is 0.284. The van der Waals surface area contributed by atoms with Crippen LogP contribution in [0, 0.1) is 0 Å². The Morgan fingerprint density at radius 3 is 2.07 bits per heavy atom. The molecule has 0 fully saturated rings. The number of ether oxygens (including phenoxy) is 3. The van der Waals surface area contributed by atoms with Gasteiger partial charge in [0.1, 0.15) is 24.8 Å². The van der Waals surface area contributed by atoms with Gasteiger partial charge in [-0.05, 0) is 38.8 Å². The molecule has 1 heterocycles. The summed E-state index contributed by atoms with van der Waals surface area (Å²) < 4.78 is 14.5. The number of aliphatic hydroxyl groups is 2. The molecule has 0 saturated carbocycles. The van der Waals surface area contributed by atoms with Crippen LogP contribution in [0.4, 0.5) is 0 Å². The number of hydrogen-bond acceptors (Lipinski definition) is 12. The highest BCUT2D eigenvalue weighted by Crippen LogP contribution is 2.25. The molecular weight excluding hydrogens is 400 g/mol. The summed E-state index contributed by atoms with van der Waals surface area (Å²) in [6.07, 6.45) is 0.0945. The van der Waals surface area contributed by atoms with Crippen LogP contribution in [0.3, 0.4) is 0 Å². The van der Waals surface area contributed by atoms with Gasteiger partial charge in [0.15, 0.2) is 11.9 Å². The van der Waals surface area contributed by atoms with Crippen LogP contribution >= 0.6 is 0 Å². The van der Waals surface area contributed by atoms with Crippen LogP contribution in [-0.4, -0.2) is 72.1 Å². The maximum atomic E-state index is 12.0. The van der Waals surface area contributed by atoms with Crippen molar-refractivity contribution in [2.75, 3.05) is 19.7 Å². The molecule has 0 saturated heterocycles. The normalized spacial score (nSPS) is 19.2. The largest absolute Gasteiger partial charge is 0.505 e. The molecule has 1 aliphatic rings. The summed E-state index contributed by atoms with van der Waals surface area (Å²) in [6, 6.07) is -1.91. The Morgan fingerprint density at radius 1 is 1.00 bits per heavy atom. The molecule has 0 aliphatic carbocycles. The maximum Gasteiger partial charge on any atom is 0.378 e. The lowest BCUT2D eigenvalue weighted by Gasteiger charge is -2.18. The molecule has 2 unspecified atom stereocenters. The average molecular weight is 432 g/mol. The van der Waals surface area contributed by atoms with Crippen molar-refractivity contribution in [3.05, 3.63) is 11.5 Å². The zero-order valence-electron chi connectivity index (χ0n) is 16.8. The summed E-state index contributed by atoms with van der Waals surface area (Å²) in [7, 11) is 0. The molecule has 10 N–H and O–H groups in total. The van der Waals surface area contributed by atoms with E-state index in [1.54, 1.807) is 0 Å². The number of carbonyl (C=O) groups excluding carboxylic acids is 3. The van der Waals surface area contributed by atoms with Crippen molar-refractivity contribution in [3.8, 4) is 0 Å². The van der Waals surface area contributed by atoms with Gasteiger partial charge >= 0.3 is 17.9 Å². The van der Waals surface area contributed by atoms with Crippen LogP contribution in [0.2, 0.25) is 0 Å². The second kappa shape index (κ2) is 13.1. The molecular formula is C18H32N4O8. The average Bonchev–Trinajstić information content (AvgIpc) is 3.00. The maximum absolute atomic E-state index is 12.0. The van der Waals surface area contributed by atoms with E-state index in [9.17, 15) is 24.6 Å². The van der Waals surface area contributed by atoms with Gasteiger partial charge in [-0.2, -0.15) is 0 Å². The number of unbranched alkanes of at least 4 members (excludes halogenated alkanes) is 2. The third-order valence-electron chi connectivity index (χ3n) is 4.41. The van der Waals surface area contributed by atoms with E-state index in [4.69, 9.17) is 37.1 Å². The van der Waals surface area contributed by atoms with Crippen molar-refractivity contribution in [2.45, 2.75) is 62.8 Å². The number of carbonyl (C=O) groups is 3. The third-order valence-corrected chi connectivity index (χ3v) is 4.41. The minimum Gasteiger partial charge on any atom is -0.505 e. The first-order valence-electron chi connectivity index (χ1n) is 9.84. The van der Waals surface area contributed by atoms with Crippen molar-refractivity contribution in [1.82, 2.24) is 0 Å². The van der Waals surface area contributed by atoms with Gasteiger partial charge in [0, 0.05) is 0 Å². The quantitative estimate of drug-likeness (QED) is 0.0999. The Morgan fingerprint density at radius 2 is 1.53 bits per heavy atom. The van der Waals surface area contributed by atoms with Crippen LogP contribution in [0.15, 0.2) is 11.5 Å². The summed E-state index contributed by atoms with van der Waals surface area (Å²) in [5, 5.41) is 20.2. The number of nitrogens with two attached hydrogens (primary N) is 4. The summed E-state index contributed by atoms with van der Waals surface area (Å²) in [6.45, 7) is 0.332. The van der Waals surface area contributed by atoms with Gasteiger partial charge in [-0.15, -0.1) is 0 Å². The molecule has 0 amide bonds. The fourth-order valence-electron chi connectivity index (χ4n) is 2.60. The number of esters is 3. The van der Waals surface area contributed by atoms with Crippen molar-refractivity contribution in [1.29, 1.82) is 0 Å². The zero-order valence-corrected chi connectivity index (χ0v) is 16.8. The third kappa shape index (κ3) is 7.88. The van der Waals surface area contributed by atoms with E-state index in [1.807, 2.05) is 0 Å². The van der Waals surface area contributed by atoms with Gasteiger partial charge in [0.2, 0.25) is 0 Å². The Kier molecular flexibility index (Phi) is 11.3. The van der Waals surface area contributed by atoms with Crippen LogP contribution in [0.25, 0.3) is 0 Å². The van der Waals surface area contributed by atoms with Crippen LogP contribution in [-0.2, 0) is 28.6 Å². The molecule has 30 heavy (non-hydrogen) atoms. The van der Waals surface area contributed by atoms with E-state index in [1.165, 1.54) is 0 Å². The minimum atomic E-state index is -1.59. The van der Waals surface area contributed by atoms with Crippen LogP contribution in [0.5, 0.6) is 0 Å². The fourth-order valence-corrected chi connectivity index (χ4v) is 2.60. The standard InChI is InChI=1S/C18H32N4O8/c19-7-3-1-5-10(21)16(25)28-9-12(23)14-13(24)15(18(27)29-14)30-17(26)11(22)6-2-4-8-20/h10-12,14,23-24H,1-9,19-22H2/t10?,11?,12-,14+/m0/s1. The molecule has 12 nitrogen and oxygen atoms in total. The number of rotatable bonds is 14. The second-order valence-corrected chi connectivity index (χ2v) is 6.94. The van der Waals surface area contributed by atoms with Gasteiger partial charge < -0.3 is 47.4 Å². The van der Waals surface area contributed by atoms with Crippen molar-refractivity contribution in [2.24, 2.45) is 22.9 Å². The summed E-state index contributed by atoms with van der Waals surface area (Å²) >= 11 is 0. The molecule has 0 aromatic carbocycles. The van der Waals surface area contributed by atoms with Crippen molar-refractivity contribution < 1.29 is 38.8 Å². The molecule has 0 spiro atoms. The van der Waals surface area contributed by atoms with Gasteiger partial charge in [0.25, 0.3) is 5.76 Å². The molecule has 12 heteroatoms. The molecule has 1 aliphatic heterocycles. The SMILES string of the molecule is NCCCCC(N)C(=O)OC[C@H](O)[C@H]1OC(=O)C(OC(=O)C(N)CCCCN)=C1O. The van der Waals surface area contributed by atoms with Crippen LogP contribution < -0.4 is 22.9 Å². The monoisotopic (exact) mass is 432 g/mol. The van der Waals surface area contributed by atoms with Gasteiger partial charge in [-0.3, -0.25) is 4.79 Å². The molecule has 4 atom stereocenters. The predicted octanol–water partition coefficient (Wildman–Crippen LogP) is -1.96. The molecule has 0 aromatic heterocycles. The first kappa shape index (κ1) is 25.8. The first-order chi connectivity index (χ1) is 14.2. The van der Waals surface area contributed by atoms with Gasteiger partial charge in [0.05, 0.1) is 0 Å². The molecule has 0 radical (unpaired) electrons. The Bertz CT molecular complexity index is 627. The molecule has 1 rings (SSSR count). The Balaban J connectivity index is 2.58.